The SMILES string of the molecule is COc1ccc(/C=C2\SC(N3CCN(c4ccccc4C)CC3)=NC2=O)cc1OC. The summed E-state index contributed by atoms with van der Waals surface area (Å²) in [6, 6.07) is 14.1. The third-order valence-corrected chi connectivity index (χ3v) is 6.37. The van der Waals surface area contributed by atoms with Crippen LogP contribution in [-0.4, -0.2) is 56.4 Å². The number of aryl methyl sites for hydroxylation is 1. The van der Waals surface area contributed by atoms with Gasteiger partial charge in [0, 0.05) is 31.9 Å². The fraction of sp³-hybridized carbons (Fsp3) is 0.304. The number of hydrogen-bond donors (Lipinski definition) is 0. The standard InChI is InChI=1S/C23H25N3O3S/c1-16-6-4-5-7-18(16)25-10-12-26(13-11-25)23-24-22(27)21(30-23)15-17-8-9-19(28-2)20(14-17)29-3/h4-9,14-15H,10-13H2,1-3H3/b21-15-. The van der Waals surface area contributed by atoms with Gasteiger partial charge in [-0.05, 0) is 54.1 Å². The van der Waals surface area contributed by atoms with Crippen LogP contribution in [0.5, 0.6) is 11.5 Å². The van der Waals surface area contributed by atoms with Crippen LogP contribution in [-0.2, 0) is 4.79 Å². The van der Waals surface area contributed by atoms with Gasteiger partial charge < -0.3 is 19.3 Å². The molecule has 2 aliphatic rings. The van der Waals surface area contributed by atoms with Crippen molar-refractivity contribution in [2.24, 2.45) is 4.99 Å². The molecular weight excluding hydrogens is 398 g/mol. The Kier molecular flexibility index (Phi) is 5.99. The zero-order valence-electron chi connectivity index (χ0n) is 17.4. The topological polar surface area (TPSA) is 54.4 Å². The van der Waals surface area contributed by atoms with Crippen LogP contribution in [0.15, 0.2) is 52.4 Å². The van der Waals surface area contributed by atoms with Gasteiger partial charge in [0.05, 0.1) is 19.1 Å². The number of benzene rings is 2. The van der Waals surface area contributed by atoms with Gasteiger partial charge >= 0.3 is 0 Å². The fourth-order valence-electron chi connectivity index (χ4n) is 3.68. The molecule has 0 aromatic heterocycles. The van der Waals surface area contributed by atoms with Gasteiger partial charge in [0.25, 0.3) is 5.91 Å². The Morgan fingerprint density at radius 3 is 2.37 bits per heavy atom. The van der Waals surface area contributed by atoms with E-state index >= 15 is 0 Å². The molecule has 156 valence electrons. The number of carbonyl (C=O) groups is 1. The van der Waals surface area contributed by atoms with Crippen molar-refractivity contribution in [3.8, 4) is 11.5 Å². The number of aliphatic imine (C=N–C) groups is 1. The van der Waals surface area contributed by atoms with Crippen LogP contribution in [0.2, 0.25) is 0 Å². The lowest BCUT2D eigenvalue weighted by Crippen LogP contribution is -2.48. The Balaban J connectivity index is 1.42. The molecular formula is C23H25N3O3S. The Labute approximate surface area is 181 Å². The molecule has 6 nitrogen and oxygen atoms in total. The Morgan fingerprint density at radius 2 is 1.67 bits per heavy atom. The zero-order valence-corrected chi connectivity index (χ0v) is 18.2. The molecule has 4 rings (SSSR count). The summed E-state index contributed by atoms with van der Waals surface area (Å²) in [6.45, 7) is 5.65. The number of anilines is 1. The van der Waals surface area contributed by atoms with E-state index in [0.717, 1.165) is 36.9 Å². The van der Waals surface area contributed by atoms with Crippen LogP contribution < -0.4 is 14.4 Å². The number of hydrogen-bond acceptors (Lipinski definition) is 6. The van der Waals surface area contributed by atoms with Crippen molar-refractivity contribution in [3.05, 3.63) is 58.5 Å². The maximum absolute atomic E-state index is 12.5. The minimum atomic E-state index is -0.189. The highest BCUT2D eigenvalue weighted by molar-refractivity contribution is 8.18. The Morgan fingerprint density at radius 1 is 0.967 bits per heavy atom. The minimum absolute atomic E-state index is 0.189. The maximum Gasteiger partial charge on any atom is 0.286 e. The van der Waals surface area contributed by atoms with E-state index in [1.54, 1.807) is 14.2 Å². The summed E-state index contributed by atoms with van der Waals surface area (Å²) < 4.78 is 10.6. The van der Waals surface area contributed by atoms with Gasteiger partial charge in [-0.2, -0.15) is 4.99 Å². The van der Waals surface area contributed by atoms with Crippen molar-refractivity contribution in [3.63, 3.8) is 0 Å². The number of para-hydroxylation sites is 1. The second-order valence-electron chi connectivity index (χ2n) is 7.19. The van der Waals surface area contributed by atoms with Gasteiger partial charge in [-0.25, -0.2) is 0 Å². The number of amidine groups is 1. The minimum Gasteiger partial charge on any atom is -0.493 e. The predicted molar refractivity (Wildman–Crippen MR) is 123 cm³/mol. The molecule has 2 aliphatic heterocycles. The molecule has 0 spiro atoms. The summed E-state index contributed by atoms with van der Waals surface area (Å²) in [7, 11) is 3.20. The number of nitrogens with zero attached hydrogens (tertiary/aromatic N) is 3. The van der Waals surface area contributed by atoms with Crippen molar-refractivity contribution in [2.75, 3.05) is 45.3 Å². The molecule has 0 radical (unpaired) electrons. The van der Waals surface area contributed by atoms with Crippen molar-refractivity contribution >= 4 is 34.6 Å². The maximum atomic E-state index is 12.5. The van der Waals surface area contributed by atoms with Crippen LogP contribution in [0.1, 0.15) is 11.1 Å². The quantitative estimate of drug-likeness (QED) is 0.697. The molecule has 0 aliphatic carbocycles. The summed E-state index contributed by atoms with van der Waals surface area (Å²) in [6.07, 6.45) is 1.86. The lowest BCUT2D eigenvalue weighted by atomic mass is 10.1. The number of thioether (sulfide) groups is 1. The molecule has 2 heterocycles. The van der Waals surface area contributed by atoms with E-state index in [1.807, 2.05) is 24.3 Å². The first-order chi connectivity index (χ1) is 14.6. The molecule has 0 N–H and O–H groups in total. The average molecular weight is 424 g/mol. The van der Waals surface area contributed by atoms with E-state index in [9.17, 15) is 4.79 Å². The lowest BCUT2D eigenvalue weighted by molar-refractivity contribution is -0.113. The van der Waals surface area contributed by atoms with E-state index in [-0.39, 0.29) is 5.91 Å². The van der Waals surface area contributed by atoms with Gasteiger partial charge in [0.1, 0.15) is 0 Å². The van der Waals surface area contributed by atoms with Crippen LogP contribution >= 0.6 is 11.8 Å². The highest BCUT2D eigenvalue weighted by Crippen LogP contribution is 2.33. The third-order valence-electron chi connectivity index (χ3n) is 5.32. The number of rotatable bonds is 4. The molecule has 2 aromatic rings. The highest BCUT2D eigenvalue weighted by atomic mass is 32.2. The third kappa shape index (κ3) is 4.16. The zero-order chi connectivity index (χ0) is 21.1. The van der Waals surface area contributed by atoms with Crippen molar-refractivity contribution in [2.45, 2.75) is 6.92 Å². The molecule has 2 aromatic carbocycles. The second kappa shape index (κ2) is 8.83. The number of ether oxygens (including phenoxy) is 2. The number of carbonyl (C=O) groups excluding carboxylic acids is 1. The molecule has 30 heavy (non-hydrogen) atoms. The summed E-state index contributed by atoms with van der Waals surface area (Å²) in [4.78, 5) is 22.0. The fourth-order valence-corrected chi connectivity index (χ4v) is 4.65. The van der Waals surface area contributed by atoms with Gasteiger partial charge in [0.2, 0.25) is 0 Å². The van der Waals surface area contributed by atoms with E-state index in [1.165, 1.54) is 23.0 Å². The van der Waals surface area contributed by atoms with E-state index < -0.39 is 0 Å². The summed E-state index contributed by atoms with van der Waals surface area (Å²) in [5, 5.41) is 0.788. The monoisotopic (exact) mass is 423 g/mol. The predicted octanol–water partition coefficient (Wildman–Crippen LogP) is 3.80. The second-order valence-corrected chi connectivity index (χ2v) is 8.19. The molecule has 0 saturated carbocycles. The van der Waals surface area contributed by atoms with E-state index in [0.29, 0.717) is 16.4 Å². The summed E-state index contributed by atoms with van der Waals surface area (Å²) in [5.41, 5.74) is 3.45. The smallest absolute Gasteiger partial charge is 0.286 e. The molecule has 1 fully saturated rings. The Hall–Kier alpha value is -2.93. The number of methoxy groups -OCH3 is 2. The lowest BCUT2D eigenvalue weighted by Gasteiger charge is -2.37. The van der Waals surface area contributed by atoms with Gasteiger partial charge in [0.15, 0.2) is 16.7 Å². The van der Waals surface area contributed by atoms with Crippen LogP contribution in [0, 0.1) is 6.92 Å². The van der Waals surface area contributed by atoms with Crippen molar-refractivity contribution < 1.29 is 14.3 Å². The average Bonchev–Trinajstić information content (AvgIpc) is 3.14. The summed E-state index contributed by atoms with van der Waals surface area (Å²) in [5.74, 6) is 1.11. The first-order valence-corrected chi connectivity index (χ1v) is 10.7. The first kappa shape index (κ1) is 20.3. The summed E-state index contributed by atoms with van der Waals surface area (Å²) >= 11 is 1.44. The van der Waals surface area contributed by atoms with E-state index in [4.69, 9.17) is 9.47 Å². The first-order valence-electron chi connectivity index (χ1n) is 9.89. The van der Waals surface area contributed by atoms with Crippen LogP contribution in [0.3, 0.4) is 0 Å². The molecule has 1 saturated heterocycles. The van der Waals surface area contributed by atoms with Gasteiger partial charge in [-0.1, -0.05) is 24.3 Å². The normalized spacial score (nSPS) is 18.0. The van der Waals surface area contributed by atoms with Crippen molar-refractivity contribution in [1.82, 2.24) is 4.90 Å². The highest BCUT2D eigenvalue weighted by Gasteiger charge is 2.28. The van der Waals surface area contributed by atoms with Crippen LogP contribution in [0.25, 0.3) is 6.08 Å². The van der Waals surface area contributed by atoms with Crippen LogP contribution in [0.4, 0.5) is 5.69 Å². The molecule has 1 amide bonds. The molecule has 0 atom stereocenters. The van der Waals surface area contributed by atoms with Crippen molar-refractivity contribution in [1.29, 1.82) is 0 Å². The largest absolute Gasteiger partial charge is 0.493 e. The molecule has 7 heteroatoms. The number of piperazine rings is 1. The molecule has 0 unspecified atom stereocenters. The van der Waals surface area contributed by atoms with Gasteiger partial charge in [-0.3, -0.25) is 4.79 Å². The Bertz CT molecular complexity index is 1010. The van der Waals surface area contributed by atoms with Gasteiger partial charge in [-0.15, -0.1) is 0 Å². The number of amides is 1. The van der Waals surface area contributed by atoms with E-state index in [2.05, 4.69) is 46.0 Å². The molecule has 0 bridgehead atoms.